The lowest BCUT2D eigenvalue weighted by atomic mass is 9.89. The molecule has 5 rings (SSSR count). The van der Waals surface area contributed by atoms with Gasteiger partial charge in [0.1, 0.15) is 35.0 Å². The number of likely N-dealkylation sites (N-methyl/N-ethyl adjacent to an activating group) is 1. The summed E-state index contributed by atoms with van der Waals surface area (Å²) in [5.41, 5.74) is 0.0764. The molecule has 1 unspecified atom stereocenters. The number of benzene rings is 2. The molecule has 2 aliphatic rings. The number of allylic oxidation sites excluding steroid dienone is 1. The first-order chi connectivity index (χ1) is 21.5. The number of aliphatic hydroxyl groups is 1. The minimum atomic E-state index is -0.870. The topological polar surface area (TPSA) is 142 Å². The van der Waals surface area contributed by atoms with Crippen LogP contribution in [-0.2, 0) is 27.4 Å². The fraction of sp³-hybridized carbons (Fsp3) is 0.323. The van der Waals surface area contributed by atoms with Gasteiger partial charge in [0.2, 0.25) is 17.2 Å². The van der Waals surface area contributed by atoms with Gasteiger partial charge in [-0.3, -0.25) is 20.2 Å². The second-order valence-corrected chi connectivity index (χ2v) is 12.0. The zero-order valence-corrected chi connectivity index (χ0v) is 25.7. The molecule has 3 heterocycles. The van der Waals surface area contributed by atoms with Crippen molar-refractivity contribution in [3.05, 3.63) is 99.0 Å². The van der Waals surface area contributed by atoms with Gasteiger partial charge in [0.25, 0.3) is 0 Å². The lowest BCUT2D eigenvalue weighted by Crippen LogP contribution is -2.81. The first-order valence-electron chi connectivity index (χ1n) is 14.3. The van der Waals surface area contributed by atoms with Gasteiger partial charge in [-0.25, -0.2) is 13.6 Å². The summed E-state index contributed by atoms with van der Waals surface area (Å²) < 4.78 is 32.8. The van der Waals surface area contributed by atoms with E-state index in [2.05, 4.69) is 15.5 Å². The number of nitrogens with one attached hydrogen (secondary N) is 1. The number of quaternary nitrogens is 1. The Balaban J connectivity index is 1.24. The second kappa shape index (κ2) is 13.2. The second-order valence-electron chi connectivity index (χ2n) is 10.9. The number of likely N-dealkylation sites (tertiary alicyclic amines) is 1. The van der Waals surface area contributed by atoms with E-state index < -0.39 is 40.8 Å². The van der Waals surface area contributed by atoms with Crippen LogP contribution in [0.1, 0.15) is 40.9 Å². The number of aliphatic hydroxyl groups excluding tert-OH is 1. The number of Topliss-reactive ketones (excluding diaryl/α,β-unsaturated/α-hetero) is 1. The molecule has 0 saturated carbocycles. The molecule has 0 spiro atoms. The zero-order valence-electron chi connectivity index (χ0n) is 24.9. The van der Waals surface area contributed by atoms with Crippen molar-refractivity contribution in [3.63, 3.8) is 0 Å². The maximum absolute atomic E-state index is 14.1. The first kappa shape index (κ1) is 31.9. The van der Waals surface area contributed by atoms with E-state index in [1.807, 2.05) is 37.3 Å². The molecule has 1 aromatic heterocycles. The summed E-state index contributed by atoms with van der Waals surface area (Å²) in [5.74, 6) is -3.52. The zero-order chi connectivity index (χ0) is 32.3. The summed E-state index contributed by atoms with van der Waals surface area (Å²) in [6.07, 6.45) is 1.74. The largest absolute Gasteiger partial charge is 0.500 e. The number of piperidine rings is 1. The fourth-order valence-corrected chi connectivity index (χ4v) is 6.43. The van der Waals surface area contributed by atoms with Crippen LogP contribution in [0.3, 0.4) is 0 Å². The first-order valence-corrected chi connectivity index (χ1v) is 15.1. The van der Waals surface area contributed by atoms with Crippen LogP contribution in [0.2, 0.25) is 0 Å². The van der Waals surface area contributed by atoms with Gasteiger partial charge in [0.15, 0.2) is 5.01 Å². The van der Waals surface area contributed by atoms with E-state index in [0.29, 0.717) is 24.4 Å². The maximum Gasteiger partial charge on any atom is 0.410 e. The van der Waals surface area contributed by atoms with Crippen molar-refractivity contribution in [1.82, 2.24) is 25.3 Å². The van der Waals surface area contributed by atoms with Gasteiger partial charge in [-0.1, -0.05) is 47.7 Å². The molecule has 4 N–H and O–H groups in total. The van der Waals surface area contributed by atoms with E-state index in [-0.39, 0.29) is 40.9 Å². The van der Waals surface area contributed by atoms with Crippen molar-refractivity contribution in [3.8, 4) is 0 Å². The Morgan fingerprint density at radius 2 is 1.98 bits per heavy atom. The number of nitrogens with zero attached hydrogens (tertiary/aromatic N) is 4. The van der Waals surface area contributed by atoms with Crippen molar-refractivity contribution < 1.29 is 38.3 Å². The molecule has 45 heavy (non-hydrogen) atoms. The van der Waals surface area contributed by atoms with Gasteiger partial charge < -0.3 is 19.6 Å². The molecule has 236 valence electrons. The van der Waals surface area contributed by atoms with Crippen LogP contribution in [0.5, 0.6) is 0 Å². The Morgan fingerprint density at radius 3 is 2.67 bits per heavy atom. The number of aromatic nitrogens is 2. The number of ketones is 1. The maximum atomic E-state index is 14.1. The molecular weight excluding hydrogens is 606 g/mol. The molecule has 3 aromatic rings. The van der Waals surface area contributed by atoms with Gasteiger partial charge in [-0.05, 0) is 31.2 Å². The molecule has 1 saturated heterocycles. The third-order valence-corrected chi connectivity index (χ3v) is 9.16. The van der Waals surface area contributed by atoms with E-state index in [4.69, 9.17) is 4.74 Å². The fourth-order valence-electron chi connectivity index (χ4n) is 5.55. The van der Waals surface area contributed by atoms with Crippen LogP contribution in [-0.4, -0.2) is 75.2 Å². The van der Waals surface area contributed by atoms with Crippen LogP contribution in [0.25, 0.3) is 5.57 Å². The molecule has 0 radical (unpaired) electrons. The molecule has 1 fully saturated rings. The van der Waals surface area contributed by atoms with Gasteiger partial charge in [-0.2, -0.15) is 0 Å². The number of rotatable bonds is 8. The molecule has 0 bridgehead atoms. The molecule has 2 amide bonds. The van der Waals surface area contributed by atoms with Crippen molar-refractivity contribution in [2.75, 3.05) is 20.6 Å². The summed E-state index contributed by atoms with van der Waals surface area (Å²) in [6.45, 7) is 2.33. The molecule has 11 nitrogen and oxygen atoms in total. The summed E-state index contributed by atoms with van der Waals surface area (Å²) >= 11 is 1.03. The van der Waals surface area contributed by atoms with Gasteiger partial charge in [0.05, 0.1) is 5.66 Å². The number of amides is 2. The normalized spacial score (nSPS) is 20.2. The highest BCUT2D eigenvalue weighted by molar-refractivity contribution is 7.12. The predicted molar refractivity (Wildman–Crippen MR) is 160 cm³/mol. The Kier molecular flexibility index (Phi) is 9.37. The molecule has 0 aliphatic carbocycles. The Morgan fingerprint density at radius 1 is 1.22 bits per heavy atom. The van der Waals surface area contributed by atoms with Crippen molar-refractivity contribution in [2.24, 2.45) is 0 Å². The number of carbonyl (C=O) groups is 3. The minimum Gasteiger partial charge on any atom is -0.500 e. The number of nitrogens with two attached hydrogens (primary N) is 1. The summed E-state index contributed by atoms with van der Waals surface area (Å²) in [5, 5.41) is 24.0. The molecule has 2 aromatic carbocycles. The predicted octanol–water partition coefficient (Wildman–Crippen LogP) is 2.86. The van der Waals surface area contributed by atoms with Crippen molar-refractivity contribution in [1.29, 1.82) is 0 Å². The number of halogens is 2. The van der Waals surface area contributed by atoms with E-state index in [1.165, 1.54) is 22.5 Å². The highest BCUT2D eigenvalue weighted by atomic mass is 32.1. The van der Waals surface area contributed by atoms with Crippen LogP contribution >= 0.6 is 11.3 Å². The summed E-state index contributed by atoms with van der Waals surface area (Å²) in [6, 6.07) is 12.3. The van der Waals surface area contributed by atoms with E-state index in [0.717, 1.165) is 29.0 Å². The van der Waals surface area contributed by atoms with Crippen LogP contribution in [0, 0.1) is 11.6 Å². The highest BCUT2D eigenvalue weighted by Gasteiger charge is 2.46. The molecule has 2 atom stereocenters. The number of hydrogen-bond acceptors (Lipinski definition) is 9. The van der Waals surface area contributed by atoms with Crippen LogP contribution in [0.15, 0.2) is 66.2 Å². The molecule has 2 aliphatic heterocycles. The Hall–Kier alpha value is -4.53. The number of carbonyl (C=O) groups excluding carboxylic acids is 3. The number of ether oxygens (including phenoxy) is 1. The Bertz CT molecular complexity index is 1680. The van der Waals surface area contributed by atoms with E-state index in [1.54, 1.807) is 19.0 Å². The van der Waals surface area contributed by atoms with Crippen molar-refractivity contribution in [2.45, 2.75) is 44.5 Å². The number of hydrogen-bond donors (Lipinski definition) is 3. The van der Waals surface area contributed by atoms with Crippen LogP contribution in [0.4, 0.5) is 13.6 Å². The third kappa shape index (κ3) is 6.62. The van der Waals surface area contributed by atoms with Crippen LogP contribution < -0.4 is 10.6 Å². The van der Waals surface area contributed by atoms with Gasteiger partial charge in [0, 0.05) is 45.0 Å². The average molecular weight is 640 g/mol. The molecular formula is C31H33F2N6O5S+. The summed E-state index contributed by atoms with van der Waals surface area (Å²) in [4.78, 5) is 42.8. The average Bonchev–Trinajstić information content (AvgIpc) is 3.50. The highest BCUT2D eigenvalue weighted by Crippen LogP contribution is 2.32. The molecule has 14 heteroatoms. The smallest absolute Gasteiger partial charge is 0.410 e. The summed E-state index contributed by atoms with van der Waals surface area (Å²) in [7, 11) is 3.30. The van der Waals surface area contributed by atoms with E-state index in [9.17, 15) is 28.3 Å². The lowest BCUT2D eigenvalue weighted by Gasteiger charge is -2.49. The van der Waals surface area contributed by atoms with E-state index >= 15 is 0 Å². The monoisotopic (exact) mass is 639 g/mol. The quantitative estimate of drug-likeness (QED) is 0.320. The Labute approximate surface area is 262 Å². The van der Waals surface area contributed by atoms with Crippen molar-refractivity contribution >= 4 is 34.7 Å². The minimum absolute atomic E-state index is 0.0364. The third-order valence-electron chi connectivity index (χ3n) is 8.20. The SMILES string of the molecule is CNC1(N(C)C(=O)C2=C(O)C(=O)C(c3nnc(Cc4ccc(F)cc4F)s3)=C[NH2+]2)CCN(C(=O)OCc2ccccc2)[C@@H](C)C1. The van der Waals surface area contributed by atoms with Gasteiger partial charge in [-0.15, -0.1) is 10.2 Å². The standard InChI is InChI=1S/C31H32F2N6O5S/c1-18-15-31(34-2,11-12-39(18)30(43)44-17-19-7-5-4-6-8-19)38(3)29(42)25-27(41)26(40)22(16-35-25)28-37-36-24(45-28)13-20-9-10-21(32)14-23(20)33/h4-10,14,16,18,34,41H,11-13,15,17H2,1-3H3,(H,35,40)/p+1/t18-,31?/m0/s1. The lowest BCUT2D eigenvalue weighted by molar-refractivity contribution is -0.531. The van der Waals surface area contributed by atoms with Gasteiger partial charge >= 0.3 is 12.0 Å².